The van der Waals surface area contributed by atoms with Crippen LogP contribution in [0.2, 0.25) is 0 Å². The fourth-order valence-electron chi connectivity index (χ4n) is 4.90. The first kappa shape index (κ1) is 18.9. The SMILES string of the molecule is COc1ccc(C(=O)N2CCC3(CC2)c2nccn2-c2ccccc2CN3C)cc1. The van der Waals surface area contributed by atoms with Gasteiger partial charge in [-0.25, -0.2) is 4.98 Å². The van der Waals surface area contributed by atoms with Crippen molar-refractivity contribution in [2.75, 3.05) is 27.2 Å². The summed E-state index contributed by atoms with van der Waals surface area (Å²) in [6.45, 7) is 2.28. The molecule has 1 saturated heterocycles. The molecule has 0 saturated carbocycles. The molecule has 0 N–H and O–H groups in total. The minimum atomic E-state index is -0.181. The number of benzene rings is 2. The summed E-state index contributed by atoms with van der Waals surface area (Å²) in [4.78, 5) is 22.2. The molecule has 30 heavy (non-hydrogen) atoms. The van der Waals surface area contributed by atoms with Crippen LogP contribution >= 0.6 is 0 Å². The third-order valence-electron chi connectivity index (χ3n) is 6.66. The van der Waals surface area contributed by atoms with Crippen LogP contribution in [-0.2, 0) is 12.1 Å². The highest BCUT2D eigenvalue weighted by atomic mass is 16.5. The van der Waals surface area contributed by atoms with Crippen LogP contribution in [0.3, 0.4) is 0 Å². The summed E-state index contributed by atoms with van der Waals surface area (Å²) in [5.74, 6) is 1.91. The van der Waals surface area contributed by atoms with E-state index >= 15 is 0 Å². The summed E-state index contributed by atoms with van der Waals surface area (Å²) >= 11 is 0. The number of piperidine rings is 1. The largest absolute Gasteiger partial charge is 0.497 e. The van der Waals surface area contributed by atoms with E-state index in [1.54, 1.807) is 7.11 Å². The van der Waals surface area contributed by atoms with Crippen molar-refractivity contribution >= 4 is 5.91 Å². The van der Waals surface area contributed by atoms with Crippen molar-refractivity contribution in [3.8, 4) is 11.4 Å². The highest BCUT2D eigenvalue weighted by Gasteiger charge is 2.45. The lowest BCUT2D eigenvalue weighted by atomic mass is 9.84. The molecule has 0 atom stereocenters. The molecule has 0 bridgehead atoms. The maximum absolute atomic E-state index is 13.0. The number of para-hydroxylation sites is 1. The van der Waals surface area contributed by atoms with E-state index in [-0.39, 0.29) is 11.4 Å². The first-order chi connectivity index (χ1) is 14.6. The van der Waals surface area contributed by atoms with Crippen LogP contribution in [0.15, 0.2) is 60.9 Å². The number of likely N-dealkylation sites (tertiary alicyclic amines) is 1. The number of carbonyl (C=O) groups excluding carboxylic acids is 1. The minimum absolute atomic E-state index is 0.0791. The Morgan fingerprint density at radius 2 is 1.80 bits per heavy atom. The highest BCUT2D eigenvalue weighted by Crippen LogP contribution is 2.42. The summed E-state index contributed by atoms with van der Waals surface area (Å²) in [6.07, 6.45) is 5.67. The van der Waals surface area contributed by atoms with Crippen LogP contribution < -0.4 is 4.74 Å². The zero-order valence-corrected chi connectivity index (χ0v) is 17.4. The number of amides is 1. The summed E-state index contributed by atoms with van der Waals surface area (Å²) in [5.41, 5.74) is 3.02. The smallest absolute Gasteiger partial charge is 0.253 e. The summed E-state index contributed by atoms with van der Waals surface area (Å²) in [7, 11) is 3.81. The van der Waals surface area contributed by atoms with Crippen LogP contribution in [0.4, 0.5) is 0 Å². The van der Waals surface area contributed by atoms with Gasteiger partial charge in [0.15, 0.2) is 0 Å². The van der Waals surface area contributed by atoms with Gasteiger partial charge in [0.2, 0.25) is 0 Å². The Bertz CT molecular complexity index is 1060. The summed E-state index contributed by atoms with van der Waals surface area (Å²) in [6, 6.07) is 15.9. The number of nitrogens with zero attached hydrogens (tertiary/aromatic N) is 4. The number of carbonyl (C=O) groups is 1. The van der Waals surface area contributed by atoms with Crippen molar-refractivity contribution in [3.05, 3.63) is 77.9 Å². The summed E-state index contributed by atoms with van der Waals surface area (Å²) in [5, 5.41) is 0. The van der Waals surface area contributed by atoms with E-state index in [4.69, 9.17) is 9.72 Å². The van der Waals surface area contributed by atoms with Crippen molar-refractivity contribution < 1.29 is 9.53 Å². The van der Waals surface area contributed by atoms with Crippen molar-refractivity contribution in [1.82, 2.24) is 19.4 Å². The van der Waals surface area contributed by atoms with Gasteiger partial charge in [-0.1, -0.05) is 18.2 Å². The third-order valence-corrected chi connectivity index (χ3v) is 6.66. The van der Waals surface area contributed by atoms with Gasteiger partial charge in [0.05, 0.1) is 18.3 Å². The summed E-state index contributed by atoms with van der Waals surface area (Å²) < 4.78 is 7.44. The van der Waals surface area contributed by atoms with E-state index in [1.807, 2.05) is 35.4 Å². The van der Waals surface area contributed by atoms with Crippen LogP contribution in [0, 0.1) is 0 Å². The molecule has 1 spiro atoms. The molecule has 6 heteroatoms. The fraction of sp³-hybridized carbons (Fsp3) is 0.333. The standard InChI is InChI=1S/C24H26N4O2/c1-26-17-19-5-3-4-6-21(19)28-16-13-25-23(28)24(26)11-14-27(15-12-24)22(29)18-7-9-20(30-2)10-8-18/h3-10,13,16H,11-12,14-15,17H2,1-2H3. The second kappa shape index (κ2) is 7.29. The van der Waals surface area contributed by atoms with Crippen LogP contribution in [-0.4, -0.2) is 52.5 Å². The van der Waals surface area contributed by atoms with Gasteiger partial charge in [-0.3, -0.25) is 9.69 Å². The highest BCUT2D eigenvalue weighted by molar-refractivity contribution is 5.94. The maximum atomic E-state index is 13.0. The molecule has 1 amide bonds. The Labute approximate surface area is 176 Å². The van der Waals surface area contributed by atoms with Crippen molar-refractivity contribution in [2.24, 2.45) is 0 Å². The van der Waals surface area contributed by atoms with Crippen molar-refractivity contribution in [3.63, 3.8) is 0 Å². The van der Waals surface area contributed by atoms with Gasteiger partial charge in [0, 0.05) is 37.6 Å². The maximum Gasteiger partial charge on any atom is 0.253 e. The van der Waals surface area contributed by atoms with Crippen LogP contribution in [0.5, 0.6) is 5.75 Å². The van der Waals surface area contributed by atoms with E-state index in [0.717, 1.165) is 31.0 Å². The van der Waals surface area contributed by atoms with Crippen LogP contribution in [0.1, 0.15) is 34.6 Å². The molecule has 3 aromatic rings. The second-order valence-corrected chi connectivity index (χ2v) is 8.16. The van der Waals surface area contributed by atoms with Crippen molar-refractivity contribution in [1.29, 1.82) is 0 Å². The van der Waals surface area contributed by atoms with Gasteiger partial charge in [-0.2, -0.15) is 0 Å². The van der Waals surface area contributed by atoms with Gasteiger partial charge < -0.3 is 14.2 Å². The van der Waals surface area contributed by atoms with Gasteiger partial charge in [0.1, 0.15) is 11.6 Å². The lowest BCUT2D eigenvalue weighted by Gasteiger charge is -2.46. The molecule has 6 nitrogen and oxygen atoms in total. The Morgan fingerprint density at radius 1 is 1.07 bits per heavy atom. The molecule has 2 aliphatic heterocycles. The molecule has 0 unspecified atom stereocenters. The van der Waals surface area contributed by atoms with E-state index in [2.05, 4.69) is 47.0 Å². The van der Waals surface area contributed by atoms with E-state index in [9.17, 15) is 4.79 Å². The minimum Gasteiger partial charge on any atom is -0.497 e. The molecule has 5 rings (SSSR count). The first-order valence-corrected chi connectivity index (χ1v) is 10.4. The average molecular weight is 402 g/mol. The molecular weight excluding hydrogens is 376 g/mol. The Kier molecular flexibility index (Phi) is 4.59. The number of ether oxygens (including phenoxy) is 1. The molecule has 0 radical (unpaired) electrons. The number of imidazole rings is 1. The molecule has 3 heterocycles. The molecule has 2 aliphatic rings. The second-order valence-electron chi connectivity index (χ2n) is 8.16. The van der Waals surface area contributed by atoms with Gasteiger partial charge in [-0.05, 0) is 55.8 Å². The first-order valence-electron chi connectivity index (χ1n) is 10.4. The fourth-order valence-corrected chi connectivity index (χ4v) is 4.90. The lowest BCUT2D eigenvalue weighted by molar-refractivity contribution is 0.0230. The van der Waals surface area contributed by atoms with Gasteiger partial charge in [0.25, 0.3) is 5.91 Å². The molecule has 0 aliphatic carbocycles. The lowest BCUT2D eigenvalue weighted by Crippen LogP contribution is -2.53. The molecule has 1 aromatic heterocycles. The monoisotopic (exact) mass is 402 g/mol. The number of fused-ring (bicyclic) bond motifs is 4. The predicted molar refractivity (Wildman–Crippen MR) is 115 cm³/mol. The number of methoxy groups -OCH3 is 1. The normalized spacial score (nSPS) is 17.9. The Morgan fingerprint density at radius 3 is 2.53 bits per heavy atom. The molecule has 1 fully saturated rings. The predicted octanol–water partition coefficient (Wildman–Crippen LogP) is 3.46. The van der Waals surface area contributed by atoms with E-state index in [1.165, 1.54) is 11.3 Å². The zero-order chi connectivity index (χ0) is 20.7. The molecule has 2 aromatic carbocycles. The number of hydrogen-bond donors (Lipinski definition) is 0. The topological polar surface area (TPSA) is 50.6 Å². The van der Waals surface area contributed by atoms with E-state index in [0.29, 0.717) is 18.7 Å². The zero-order valence-electron chi connectivity index (χ0n) is 17.4. The quantitative estimate of drug-likeness (QED) is 0.659. The molecular formula is C24H26N4O2. The number of hydrogen-bond acceptors (Lipinski definition) is 4. The molecule has 154 valence electrons. The Hall–Kier alpha value is -3.12. The third kappa shape index (κ3) is 2.91. The van der Waals surface area contributed by atoms with Crippen molar-refractivity contribution in [2.45, 2.75) is 24.9 Å². The van der Waals surface area contributed by atoms with Gasteiger partial charge in [-0.15, -0.1) is 0 Å². The van der Waals surface area contributed by atoms with Crippen LogP contribution in [0.25, 0.3) is 5.69 Å². The number of rotatable bonds is 2. The van der Waals surface area contributed by atoms with Gasteiger partial charge >= 0.3 is 0 Å². The number of aromatic nitrogens is 2. The van der Waals surface area contributed by atoms with E-state index < -0.39 is 0 Å². The average Bonchev–Trinajstić information content (AvgIpc) is 3.26. The Balaban J connectivity index is 1.42.